The Kier molecular flexibility index (Phi) is 36.8. The Morgan fingerprint density at radius 1 is 0.442 bits per heavy atom. The van der Waals surface area contributed by atoms with Crippen molar-refractivity contribution < 1.29 is 107 Å². The standard InChI is InChI=1S/C59H94N14O22/c1-8-29(6)47(57(92)67-36(17-20-44(80)81)51(86)64-34(11-9-10-22-60)52(87)71-46(28(4)5)56(91)70-40(59(94)95)23-27(2)3)72-53(88)37(18-21-45(82)83)65-50(85)35(16-19-43(78)79)66-54(89)38(24-31-12-14-32(75)15-13-31)68-55(90)39(26-42(63)77)69-58(93)48(30(7)74)73-49(84)33(61)25-41(62)76/h12-15,27-30,33-40,46-48,74-75H,8-11,16-26,60-61H2,1-7H3,(H2,62,76)(H2,63,77)(H,64,86)(H,65,85)(H,66,89)(H,67,92)(H,68,90)(H,69,93)(H,70,91)(H,71,87)(H,72,88)(H,73,84)(H,78,79)(H,80,81)(H,82,83)(H,94,95)/t29-,30+,33-,34-,35-,36-,37-,38-,39-,40-,46-,47-,48-/m0/s1. The summed E-state index contributed by atoms with van der Waals surface area (Å²) in [6, 6.07) is -13.8. The van der Waals surface area contributed by atoms with E-state index in [-0.39, 0.29) is 49.5 Å². The van der Waals surface area contributed by atoms with Crippen LogP contribution in [0.2, 0.25) is 0 Å². The molecule has 0 bridgehead atoms. The van der Waals surface area contributed by atoms with Crippen molar-refractivity contribution in [1.82, 2.24) is 53.2 Å². The smallest absolute Gasteiger partial charge is 0.326 e. The second-order valence-electron chi connectivity index (χ2n) is 23.6. The van der Waals surface area contributed by atoms with Gasteiger partial charge >= 0.3 is 23.9 Å². The summed E-state index contributed by atoms with van der Waals surface area (Å²) in [5, 5.41) is 82.7. The minimum Gasteiger partial charge on any atom is -0.508 e. The molecular weight excluding hydrogens is 1260 g/mol. The van der Waals surface area contributed by atoms with E-state index in [0.29, 0.717) is 6.42 Å². The maximum absolute atomic E-state index is 14.4. The van der Waals surface area contributed by atoms with Gasteiger partial charge < -0.3 is 107 Å². The number of unbranched alkanes of at least 4 members (excludes halogenated alkanes) is 1. The molecule has 0 saturated carbocycles. The molecule has 95 heavy (non-hydrogen) atoms. The number of phenolic OH excluding ortho intramolecular Hbond substituents is 1. The third-order valence-electron chi connectivity index (χ3n) is 14.6. The number of amides is 12. The van der Waals surface area contributed by atoms with Gasteiger partial charge in [-0.25, -0.2) is 4.79 Å². The number of aromatic hydroxyl groups is 1. The molecule has 0 fully saturated rings. The molecule has 1 aromatic rings. The van der Waals surface area contributed by atoms with Crippen LogP contribution in [0.5, 0.6) is 5.75 Å². The van der Waals surface area contributed by atoms with Gasteiger partial charge in [0.05, 0.1) is 25.0 Å². The summed E-state index contributed by atoms with van der Waals surface area (Å²) in [7, 11) is 0. The van der Waals surface area contributed by atoms with Crippen LogP contribution in [0.1, 0.15) is 138 Å². The molecule has 0 heterocycles. The Labute approximate surface area is 547 Å². The molecule has 0 spiro atoms. The second-order valence-corrected chi connectivity index (χ2v) is 23.6. The van der Waals surface area contributed by atoms with E-state index in [4.69, 9.17) is 22.9 Å². The number of nitrogens with one attached hydrogen (secondary N) is 10. The van der Waals surface area contributed by atoms with Gasteiger partial charge in [-0.1, -0.05) is 60.1 Å². The van der Waals surface area contributed by atoms with Crippen LogP contribution in [-0.2, 0) is 83.1 Å². The largest absolute Gasteiger partial charge is 0.508 e. The fourth-order valence-corrected chi connectivity index (χ4v) is 9.15. The summed E-state index contributed by atoms with van der Waals surface area (Å²) in [5.41, 5.74) is 22.1. The van der Waals surface area contributed by atoms with Gasteiger partial charge in [0.1, 0.15) is 66.2 Å². The molecule has 24 N–H and O–H groups in total. The number of phenols is 1. The second kappa shape index (κ2) is 41.9. The van der Waals surface area contributed by atoms with E-state index < -0.39 is 237 Å². The minimum atomic E-state index is -1.99. The van der Waals surface area contributed by atoms with Crippen molar-refractivity contribution in [1.29, 1.82) is 0 Å². The lowest BCUT2D eigenvalue weighted by Crippen LogP contribution is -2.62. The van der Waals surface area contributed by atoms with Crippen LogP contribution in [0.25, 0.3) is 0 Å². The highest BCUT2D eigenvalue weighted by atomic mass is 16.4. The van der Waals surface area contributed by atoms with E-state index in [1.54, 1.807) is 34.6 Å². The molecule has 0 radical (unpaired) electrons. The quantitative estimate of drug-likeness (QED) is 0.0271. The lowest BCUT2D eigenvalue weighted by atomic mass is 9.96. The van der Waals surface area contributed by atoms with E-state index in [1.807, 2.05) is 0 Å². The zero-order valence-corrected chi connectivity index (χ0v) is 54.1. The molecule has 532 valence electrons. The first-order chi connectivity index (χ1) is 44.3. The number of carboxylic acids is 4. The zero-order chi connectivity index (χ0) is 72.6. The van der Waals surface area contributed by atoms with Crippen LogP contribution < -0.4 is 76.1 Å². The van der Waals surface area contributed by atoms with Gasteiger partial charge in [-0.2, -0.15) is 0 Å². The van der Waals surface area contributed by atoms with Gasteiger partial charge in [-0.3, -0.25) is 71.9 Å². The average Bonchev–Trinajstić information content (AvgIpc) is 0.916. The van der Waals surface area contributed by atoms with E-state index in [9.17, 15) is 107 Å². The molecule has 1 rings (SSSR count). The number of aliphatic carboxylic acids is 4. The van der Waals surface area contributed by atoms with E-state index in [0.717, 1.165) is 6.92 Å². The Bertz CT molecular complexity index is 2860. The average molecular weight is 1350 g/mol. The summed E-state index contributed by atoms with van der Waals surface area (Å²) >= 11 is 0. The van der Waals surface area contributed by atoms with Crippen molar-refractivity contribution in [2.45, 2.75) is 211 Å². The van der Waals surface area contributed by atoms with Crippen LogP contribution in [0.3, 0.4) is 0 Å². The number of benzene rings is 1. The first kappa shape index (κ1) is 83.4. The molecule has 0 aliphatic carbocycles. The third kappa shape index (κ3) is 31.7. The molecular formula is C59H94N14O22. The van der Waals surface area contributed by atoms with Crippen LogP contribution >= 0.6 is 0 Å². The number of aliphatic hydroxyl groups excluding tert-OH is 1. The first-order valence-electron chi connectivity index (χ1n) is 30.7. The highest BCUT2D eigenvalue weighted by molar-refractivity contribution is 6.00. The number of carbonyl (C=O) groups is 16. The molecule has 0 unspecified atom stereocenters. The monoisotopic (exact) mass is 1350 g/mol. The predicted octanol–water partition coefficient (Wildman–Crippen LogP) is -5.20. The van der Waals surface area contributed by atoms with Gasteiger partial charge in [0.25, 0.3) is 0 Å². The van der Waals surface area contributed by atoms with E-state index in [1.165, 1.54) is 31.2 Å². The number of rotatable bonds is 46. The number of primary amides is 2. The summed E-state index contributed by atoms with van der Waals surface area (Å²) in [6.45, 7) is 10.9. The first-order valence-corrected chi connectivity index (χ1v) is 30.7. The van der Waals surface area contributed by atoms with Gasteiger partial charge in [0.15, 0.2) is 0 Å². The number of hydrogen-bond donors (Lipinski definition) is 20. The van der Waals surface area contributed by atoms with E-state index >= 15 is 0 Å². The number of aliphatic hydroxyl groups is 1. The fraction of sp³-hybridized carbons (Fsp3) is 0.627. The lowest BCUT2D eigenvalue weighted by molar-refractivity contribution is -0.143. The van der Waals surface area contributed by atoms with E-state index in [2.05, 4.69) is 53.2 Å². The number of carbonyl (C=O) groups excluding carboxylic acids is 12. The molecule has 13 atom stereocenters. The van der Waals surface area contributed by atoms with Crippen LogP contribution in [0.15, 0.2) is 24.3 Å². The highest BCUT2D eigenvalue weighted by Crippen LogP contribution is 2.16. The van der Waals surface area contributed by atoms with Crippen LogP contribution in [-0.4, -0.2) is 205 Å². The van der Waals surface area contributed by atoms with Crippen molar-refractivity contribution in [2.75, 3.05) is 6.54 Å². The summed E-state index contributed by atoms with van der Waals surface area (Å²) in [5.74, 6) is -21.5. The summed E-state index contributed by atoms with van der Waals surface area (Å²) in [4.78, 5) is 211. The molecule has 0 aliphatic rings. The maximum Gasteiger partial charge on any atom is 0.326 e. The van der Waals surface area contributed by atoms with Gasteiger partial charge in [0, 0.05) is 25.7 Å². The highest BCUT2D eigenvalue weighted by Gasteiger charge is 2.39. The van der Waals surface area contributed by atoms with Crippen LogP contribution in [0, 0.1) is 17.8 Å². The summed E-state index contributed by atoms with van der Waals surface area (Å²) < 4.78 is 0. The molecule has 36 heteroatoms. The molecule has 0 saturated heterocycles. The summed E-state index contributed by atoms with van der Waals surface area (Å²) in [6.07, 6.45) is -7.84. The Balaban J connectivity index is 3.79. The SMILES string of the molecule is CC[C@H](C)[C@H](NC(=O)[C@H](CCC(=O)O)NC(=O)[C@H](CCC(=O)O)NC(=O)[C@H](Cc1ccc(O)cc1)NC(=O)[C@H](CC(N)=O)NC(=O)[C@@H](NC(=O)[C@@H](N)CC(N)=O)[C@@H](C)O)C(=O)N[C@@H](CCC(=O)O)C(=O)N[C@@H](CCCCN)C(=O)N[C@H](C(=O)N[C@@H](CC(C)C)C(=O)O)C(C)C. The Morgan fingerprint density at radius 2 is 0.811 bits per heavy atom. The molecule has 1 aromatic carbocycles. The number of nitrogens with two attached hydrogens (primary N) is 4. The number of hydrogen-bond acceptors (Lipinski definition) is 20. The predicted molar refractivity (Wildman–Crippen MR) is 333 cm³/mol. The normalized spacial score (nSPS) is 15.2. The maximum atomic E-state index is 14.4. The fourth-order valence-electron chi connectivity index (χ4n) is 9.15. The molecule has 0 aromatic heterocycles. The van der Waals surface area contributed by atoms with Crippen molar-refractivity contribution in [3.05, 3.63) is 29.8 Å². The lowest BCUT2D eigenvalue weighted by Gasteiger charge is -2.30. The van der Waals surface area contributed by atoms with Gasteiger partial charge in [0.2, 0.25) is 70.9 Å². The number of carboxylic acid groups (broad SMARTS) is 4. The Hall–Kier alpha value is -9.58. The molecule has 36 nitrogen and oxygen atoms in total. The van der Waals surface area contributed by atoms with Crippen LogP contribution in [0.4, 0.5) is 0 Å². The van der Waals surface area contributed by atoms with Crippen molar-refractivity contribution >= 4 is 94.8 Å². The Morgan fingerprint density at radius 3 is 1.22 bits per heavy atom. The van der Waals surface area contributed by atoms with Crippen molar-refractivity contribution in [2.24, 2.45) is 40.7 Å². The zero-order valence-electron chi connectivity index (χ0n) is 54.1. The molecule has 12 amide bonds. The topological polar surface area (TPSA) is 619 Å². The third-order valence-corrected chi connectivity index (χ3v) is 14.6. The van der Waals surface area contributed by atoms with Gasteiger partial charge in [-0.15, -0.1) is 0 Å². The van der Waals surface area contributed by atoms with Crippen molar-refractivity contribution in [3.63, 3.8) is 0 Å². The molecule has 0 aliphatic heterocycles. The van der Waals surface area contributed by atoms with Crippen molar-refractivity contribution in [3.8, 4) is 5.75 Å². The minimum absolute atomic E-state index is 0.0567. The van der Waals surface area contributed by atoms with Gasteiger partial charge in [-0.05, 0) is 93.9 Å².